The number of nitrogens with zero attached hydrogens (tertiary/aromatic N) is 2. The molecule has 5 nitrogen and oxygen atoms in total. The van der Waals surface area contributed by atoms with Gasteiger partial charge in [0.1, 0.15) is 0 Å². The topological polar surface area (TPSA) is 52.7 Å². The summed E-state index contributed by atoms with van der Waals surface area (Å²) in [7, 11) is 3.87. The number of rotatable bonds is 4. The molecule has 1 aliphatic carbocycles. The highest BCUT2D eigenvalue weighted by Gasteiger charge is 2.25. The Hall–Kier alpha value is -2.04. The minimum Gasteiger partial charge on any atom is -0.377 e. The molecule has 2 amide bonds. The largest absolute Gasteiger partial charge is 0.377 e. The number of nitrogens with one attached hydrogen (secondary N) is 1. The van der Waals surface area contributed by atoms with Gasteiger partial charge in [-0.25, -0.2) is 0 Å². The minimum atomic E-state index is 0.0631. The van der Waals surface area contributed by atoms with E-state index in [4.69, 9.17) is 0 Å². The predicted molar refractivity (Wildman–Crippen MR) is 96.5 cm³/mol. The summed E-state index contributed by atoms with van der Waals surface area (Å²) < 4.78 is 0. The highest BCUT2D eigenvalue weighted by atomic mass is 16.2. The van der Waals surface area contributed by atoms with Crippen LogP contribution in [0, 0.1) is 5.92 Å². The van der Waals surface area contributed by atoms with Crippen LogP contribution in [-0.4, -0.2) is 43.9 Å². The lowest BCUT2D eigenvalue weighted by atomic mass is 10.1. The van der Waals surface area contributed by atoms with Gasteiger partial charge in [0, 0.05) is 44.5 Å². The van der Waals surface area contributed by atoms with E-state index >= 15 is 0 Å². The Balaban J connectivity index is 1.82. The van der Waals surface area contributed by atoms with Crippen molar-refractivity contribution in [2.24, 2.45) is 5.92 Å². The van der Waals surface area contributed by atoms with Crippen molar-refractivity contribution >= 4 is 23.2 Å². The summed E-state index contributed by atoms with van der Waals surface area (Å²) in [6, 6.07) is 5.65. The number of carbonyl (C=O) groups is 2. The summed E-state index contributed by atoms with van der Waals surface area (Å²) >= 11 is 0. The van der Waals surface area contributed by atoms with Crippen LogP contribution in [0.5, 0.6) is 0 Å². The molecule has 0 spiro atoms. The zero-order valence-electron chi connectivity index (χ0n) is 14.7. The number of amides is 2. The molecule has 5 heteroatoms. The van der Waals surface area contributed by atoms with Gasteiger partial charge in [-0.1, -0.05) is 12.8 Å². The Labute approximate surface area is 144 Å². The Morgan fingerprint density at radius 1 is 1.08 bits per heavy atom. The van der Waals surface area contributed by atoms with Crippen LogP contribution >= 0.6 is 0 Å². The van der Waals surface area contributed by atoms with Crippen molar-refractivity contribution in [2.75, 3.05) is 37.4 Å². The highest BCUT2D eigenvalue weighted by molar-refractivity contribution is 6.02. The van der Waals surface area contributed by atoms with E-state index in [0.717, 1.165) is 63.0 Å². The third-order valence-electron chi connectivity index (χ3n) is 5.10. The van der Waals surface area contributed by atoms with Crippen LogP contribution in [0.25, 0.3) is 0 Å². The van der Waals surface area contributed by atoms with E-state index < -0.39 is 0 Å². The summed E-state index contributed by atoms with van der Waals surface area (Å²) in [5.41, 5.74) is 2.29. The van der Waals surface area contributed by atoms with Crippen molar-refractivity contribution in [3.8, 4) is 0 Å². The van der Waals surface area contributed by atoms with Crippen molar-refractivity contribution in [3.63, 3.8) is 0 Å². The Bertz CT molecular complexity index is 615. The van der Waals surface area contributed by atoms with Crippen LogP contribution < -0.4 is 10.2 Å². The van der Waals surface area contributed by atoms with Crippen molar-refractivity contribution in [1.29, 1.82) is 0 Å². The van der Waals surface area contributed by atoms with Gasteiger partial charge in [-0.15, -0.1) is 0 Å². The van der Waals surface area contributed by atoms with Crippen molar-refractivity contribution < 1.29 is 9.59 Å². The second-order valence-electron chi connectivity index (χ2n) is 7.10. The van der Waals surface area contributed by atoms with Gasteiger partial charge < -0.3 is 15.1 Å². The quantitative estimate of drug-likeness (QED) is 0.923. The standard InChI is InChI=1S/C19H27N3O2/c1-21(2)17-10-9-15(20-18(23)14-7-3-4-8-14)13-16(17)19(24)22-11-5-6-12-22/h9-10,13-14H,3-8,11-12H2,1-2H3,(H,20,23). The van der Waals surface area contributed by atoms with Crippen molar-refractivity contribution in [2.45, 2.75) is 38.5 Å². The fourth-order valence-electron chi connectivity index (χ4n) is 3.70. The van der Waals surface area contributed by atoms with Crippen molar-refractivity contribution in [1.82, 2.24) is 4.90 Å². The lowest BCUT2D eigenvalue weighted by Gasteiger charge is -2.22. The maximum absolute atomic E-state index is 12.9. The van der Waals surface area contributed by atoms with Crippen LogP contribution in [0.4, 0.5) is 11.4 Å². The molecule has 1 aromatic carbocycles. The average Bonchev–Trinajstić information content (AvgIpc) is 3.27. The molecular formula is C19H27N3O2. The average molecular weight is 329 g/mol. The number of anilines is 2. The third kappa shape index (κ3) is 3.55. The lowest BCUT2D eigenvalue weighted by Crippen LogP contribution is -2.29. The molecule has 1 N–H and O–H groups in total. The number of likely N-dealkylation sites (tertiary alicyclic amines) is 1. The normalized spacial score (nSPS) is 18.0. The van der Waals surface area contributed by atoms with Gasteiger partial charge in [-0.3, -0.25) is 9.59 Å². The van der Waals surface area contributed by atoms with E-state index in [1.165, 1.54) is 0 Å². The second-order valence-corrected chi connectivity index (χ2v) is 7.10. The molecule has 0 aromatic heterocycles. The summed E-state index contributed by atoms with van der Waals surface area (Å²) in [5, 5.41) is 3.01. The van der Waals surface area contributed by atoms with Crippen LogP contribution in [0.2, 0.25) is 0 Å². The van der Waals surface area contributed by atoms with E-state index in [1.54, 1.807) is 0 Å². The first-order valence-corrected chi connectivity index (χ1v) is 8.98. The Morgan fingerprint density at radius 3 is 2.38 bits per heavy atom. The second kappa shape index (κ2) is 7.24. The van der Waals surface area contributed by atoms with E-state index in [1.807, 2.05) is 42.1 Å². The van der Waals surface area contributed by atoms with Gasteiger partial charge in [0.05, 0.1) is 5.56 Å². The lowest BCUT2D eigenvalue weighted by molar-refractivity contribution is -0.119. The van der Waals surface area contributed by atoms with Gasteiger partial charge in [-0.2, -0.15) is 0 Å². The number of hydrogen-bond acceptors (Lipinski definition) is 3. The monoisotopic (exact) mass is 329 g/mol. The van der Waals surface area contributed by atoms with Crippen molar-refractivity contribution in [3.05, 3.63) is 23.8 Å². The van der Waals surface area contributed by atoms with E-state index in [9.17, 15) is 9.59 Å². The van der Waals surface area contributed by atoms with Crippen LogP contribution in [-0.2, 0) is 4.79 Å². The third-order valence-corrected chi connectivity index (χ3v) is 5.10. The molecular weight excluding hydrogens is 302 g/mol. The number of benzene rings is 1. The maximum atomic E-state index is 12.9. The number of carbonyl (C=O) groups excluding carboxylic acids is 2. The Kier molecular flexibility index (Phi) is 5.07. The molecule has 1 heterocycles. The zero-order chi connectivity index (χ0) is 17.1. The molecule has 1 aliphatic heterocycles. The van der Waals surface area contributed by atoms with Crippen LogP contribution in [0.15, 0.2) is 18.2 Å². The predicted octanol–water partition coefficient (Wildman–Crippen LogP) is 3.12. The molecule has 0 atom stereocenters. The molecule has 1 aromatic rings. The van der Waals surface area contributed by atoms with Gasteiger partial charge in [0.25, 0.3) is 5.91 Å². The van der Waals surface area contributed by atoms with E-state index in [-0.39, 0.29) is 17.7 Å². The van der Waals surface area contributed by atoms with Gasteiger partial charge >= 0.3 is 0 Å². The SMILES string of the molecule is CN(C)c1ccc(NC(=O)C2CCCC2)cc1C(=O)N1CCCC1. The Morgan fingerprint density at radius 2 is 1.75 bits per heavy atom. The van der Waals surface area contributed by atoms with E-state index in [2.05, 4.69) is 5.32 Å². The molecule has 0 unspecified atom stereocenters. The maximum Gasteiger partial charge on any atom is 0.256 e. The summed E-state index contributed by atoms with van der Waals surface area (Å²) in [6.07, 6.45) is 6.36. The highest BCUT2D eigenvalue weighted by Crippen LogP contribution is 2.28. The molecule has 3 rings (SSSR count). The molecule has 24 heavy (non-hydrogen) atoms. The van der Waals surface area contributed by atoms with Crippen LogP contribution in [0.3, 0.4) is 0 Å². The first kappa shape index (κ1) is 16.8. The molecule has 1 saturated carbocycles. The first-order chi connectivity index (χ1) is 11.6. The molecule has 130 valence electrons. The summed E-state index contributed by atoms with van der Waals surface area (Å²) in [5.74, 6) is 0.272. The van der Waals surface area contributed by atoms with E-state index in [0.29, 0.717) is 5.56 Å². The minimum absolute atomic E-state index is 0.0631. The smallest absolute Gasteiger partial charge is 0.256 e. The fourth-order valence-corrected chi connectivity index (χ4v) is 3.70. The molecule has 2 aliphatic rings. The van der Waals surface area contributed by atoms with Gasteiger partial charge in [0.15, 0.2) is 0 Å². The van der Waals surface area contributed by atoms with Gasteiger partial charge in [0.2, 0.25) is 5.91 Å². The molecule has 2 fully saturated rings. The fraction of sp³-hybridized carbons (Fsp3) is 0.579. The zero-order valence-corrected chi connectivity index (χ0v) is 14.7. The summed E-state index contributed by atoms with van der Waals surface area (Å²) in [4.78, 5) is 29.1. The van der Waals surface area contributed by atoms with Crippen LogP contribution in [0.1, 0.15) is 48.9 Å². The number of hydrogen-bond donors (Lipinski definition) is 1. The summed E-state index contributed by atoms with van der Waals surface area (Å²) in [6.45, 7) is 1.65. The van der Waals surface area contributed by atoms with Gasteiger partial charge in [-0.05, 0) is 43.9 Å². The molecule has 0 bridgehead atoms. The first-order valence-electron chi connectivity index (χ1n) is 8.98. The molecule has 1 saturated heterocycles. The molecule has 0 radical (unpaired) electrons.